The van der Waals surface area contributed by atoms with E-state index in [-0.39, 0.29) is 11.3 Å². The van der Waals surface area contributed by atoms with Gasteiger partial charge in [-0.2, -0.15) is 0 Å². The van der Waals surface area contributed by atoms with E-state index in [1.165, 1.54) is 24.3 Å². The zero-order chi connectivity index (χ0) is 16.1. The third-order valence-corrected chi connectivity index (χ3v) is 2.94. The normalized spacial score (nSPS) is 11.5. The van der Waals surface area contributed by atoms with Crippen molar-refractivity contribution in [3.8, 4) is 0 Å². The smallest absolute Gasteiger partial charge is 0.402 e. The van der Waals surface area contributed by atoms with E-state index in [4.69, 9.17) is 5.11 Å². The van der Waals surface area contributed by atoms with Gasteiger partial charge in [0.1, 0.15) is 0 Å². The standard InChI is InChI=1S/C15H12N2O5/c18-14(11-7-3-1-4-8-11)16(12-9-5-2-6-10-12)13(15(19)20)17(21)22/h1-10,13H,(H,19,20). The topological polar surface area (TPSA) is 101 Å². The second-order valence-corrected chi connectivity index (χ2v) is 4.37. The first-order valence-electron chi connectivity index (χ1n) is 6.32. The molecule has 7 nitrogen and oxygen atoms in total. The average molecular weight is 300 g/mol. The number of nitrogens with zero attached hydrogens (tertiary/aromatic N) is 2. The van der Waals surface area contributed by atoms with Crippen LogP contribution < -0.4 is 4.90 Å². The summed E-state index contributed by atoms with van der Waals surface area (Å²) in [6.07, 6.45) is -2.20. The number of para-hydroxylation sites is 1. The Morgan fingerprint density at radius 2 is 1.50 bits per heavy atom. The molecule has 0 fully saturated rings. The first-order chi connectivity index (χ1) is 10.5. The van der Waals surface area contributed by atoms with Gasteiger partial charge in [0.25, 0.3) is 5.91 Å². The molecular formula is C15H12N2O5. The molecule has 1 unspecified atom stereocenters. The van der Waals surface area contributed by atoms with Crippen molar-refractivity contribution in [2.75, 3.05) is 4.90 Å². The third-order valence-electron chi connectivity index (χ3n) is 2.94. The highest BCUT2D eigenvalue weighted by Gasteiger charge is 2.41. The lowest BCUT2D eigenvalue weighted by molar-refractivity contribution is -0.507. The fraction of sp³-hybridized carbons (Fsp3) is 0.0667. The summed E-state index contributed by atoms with van der Waals surface area (Å²) in [5.74, 6) is -2.46. The minimum Gasteiger partial charge on any atom is -0.475 e. The van der Waals surface area contributed by atoms with Crippen LogP contribution in [0, 0.1) is 10.1 Å². The van der Waals surface area contributed by atoms with E-state index in [0.717, 1.165) is 0 Å². The van der Waals surface area contributed by atoms with Crippen molar-refractivity contribution in [1.29, 1.82) is 0 Å². The number of rotatable bonds is 5. The fourth-order valence-electron chi connectivity index (χ4n) is 1.97. The number of benzene rings is 2. The summed E-state index contributed by atoms with van der Waals surface area (Å²) >= 11 is 0. The number of hydrogen-bond donors (Lipinski definition) is 1. The first-order valence-corrected chi connectivity index (χ1v) is 6.32. The number of hydrogen-bond acceptors (Lipinski definition) is 4. The molecule has 2 aromatic rings. The van der Waals surface area contributed by atoms with Crippen molar-refractivity contribution < 1.29 is 19.6 Å². The van der Waals surface area contributed by atoms with Crippen molar-refractivity contribution in [1.82, 2.24) is 0 Å². The summed E-state index contributed by atoms with van der Waals surface area (Å²) in [5.41, 5.74) is 0.305. The number of carbonyl (C=O) groups is 2. The van der Waals surface area contributed by atoms with E-state index in [2.05, 4.69) is 0 Å². The molecule has 7 heteroatoms. The van der Waals surface area contributed by atoms with Gasteiger partial charge in [0, 0.05) is 5.56 Å². The van der Waals surface area contributed by atoms with Gasteiger partial charge in [-0.3, -0.25) is 14.9 Å². The van der Waals surface area contributed by atoms with Gasteiger partial charge in [0.15, 0.2) is 0 Å². The van der Waals surface area contributed by atoms with Gasteiger partial charge < -0.3 is 5.11 Å². The molecule has 0 heterocycles. The van der Waals surface area contributed by atoms with E-state index in [1.54, 1.807) is 36.4 Å². The molecule has 0 bridgehead atoms. The van der Waals surface area contributed by atoms with Crippen LogP contribution in [0.5, 0.6) is 0 Å². The Kier molecular flexibility index (Phi) is 4.47. The molecule has 0 saturated heterocycles. The fourth-order valence-corrected chi connectivity index (χ4v) is 1.97. The molecule has 1 atom stereocenters. The van der Waals surface area contributed by atoms with Crippen LogP contribution in [0.3, 0.4) is 0 Å². The first kappa shape index (κ1) is 15.2. The van der Waals surface area contributed by atoms with E-state index in [1.807, 2.05) is 0 Å². The van der Waals surface area contributed by atoms with Gasteiger partial charge in [0.05, 0.1) is 10.6 Å². The van der Waals surface area contributed by atoms with Gasteiger partial charge in [-0.15, -0.1) is 0 Å². The van der Waals surface area contributed by atoms with Crippen LogP contribution in [0.1, 0.15) is 10.4 Å². The number of amides is 1. The highest BCUT2D eigenvalue weighted by atomic mass is 16.6. The van der Waals surface area contributed by atoms with E-state index in [0.29, 0.717) is 4.90 Å². The lowest BCUT2D eigenvalue weighted by Crippen LogP contribution is -2.50. The van der Waals surface area contributed by atoms with Crippen molar-refractivity contribution in [3.05, 3.63) is 76.3 Å². The molecule has 0 aliphatic carbocycles. The molecule has 2 rings (SSSR count). The molecule has 0 aromatic heterocycles. The average Bonchev–Trinajstić information content (AvgIpc) is 2.52. The molecule has 112 valence electrons. The van der Waals surface area contributed by atoms with Crippen LogP contribution in [-0.4, -0.2) is 28.1 Å². The summed E-state index contributed by atoms with van der Waals surface area (Å²) in [7, 11) is 0. The summed E-state index contributed by atoms with van der Waals surface area (Å²) < 4.78 is 0. The van der Waals surface area contributed by atoms with Crippen LogP contribution in [0.25, 0.3) is 0 Å². The van der Waals surface area contributed by atoms with Crippen LogP contribution in [0.4, 0.5) is 5.69 Å². The Morgan fingerprint density at radius 3 is 1.95 bits per heavy atom. The Hall–Kier alpha value is -3.22. The largest absolute Gasteiger partial charge is 0.475 e. The monoisotopic (exact) mass is 300 g/mol. The molecule has 1 N–H and O–H groups in total. The molecule has 0 aliphatic heterocycles. The van der Waals surface area contributed by atoms with Crippen LogP contribution in [0.15, 0.2) is 60.7 Å². The zero-order valence-corrected chi connectivity index (χ0v) is 11.3. The quantitative estimate of drug-likeness (QED) is 0.517. The number of carboxylic acids is 1. The SMILES string of the molecule is O=C(O)C(N(C(=O)c1ccccc1)c1ccccc1)[N+](=O)[O-]. The lowest BCUT2D eigenvalue weighted by atomic mass is 10.1. The maximum Gasteiger partial charge on any atom is 0.402 e. The third kappa shape index (κ3) is 3.09. The predicted octanol–water partition coefficient (Wildman–Crippen LogP) is 2.02. The zero-order valence-electron chi connectivity index (χ0n) is 11.3. The molecule has 0 spiro atoms. The molecule has 0 saturated carbocycles. The summed E-state index contributed by atoms with van der Waals surface area (Å²) in [6, 6.07) is 15.5. The summed E-state index contributed by atoms with van der Waals surface area (Å²) in [5, 5.41) is 20.3. The predicted molar refractivity (Wildman–Crippen MR) is 78.1 cm³/mol. The Morgan fingerprint density at radius 1 is 1.00 bits per heavy atom. The molecule has 0 radical (unpaired) electrons. The number of carboxylic acid groups (broad SMARTS) is 1. The van der Waals surface area contributed by atoms with Crippen molar-refractivity contribution >= 4 is 17.6 Å². The molecule has 22 heavy (non-hydrogen) atoms. The molecule has 1 amide bonds. The summed E-state index contributed by atoms with van der Waals surface area (Å²) in [4.78, 5) is 34.6. The van der Waals surface area contributed by atoms with Gasteiger partial charge in [-0.05, 0) is 24.3 Å². The number of aliphatic carboxylic acids is 1. The Bertz CT molecular complexity index is 674. The second kappa shape index (κ2) is 6.49. The second-order valence-electron chi connectivity index (χ2n) is 4.37. The van der Waals surface area contributed by atoms with Crippen molar-refractivity contribution in [3.63, 3.8) is 0 Å². The molecule has 0 aliphatic rings. The summed E-state index contributed by atoms with van der Waals surface area (Å²) in [6.45, 7) is 0. The number of carbonyl (C=O) groups excluding carboxylic acids is 1. The molecule has 2 aromatic carbocycles. The Balaban J connectivity index is 2.53. The van der Waals surface area contributed by atoms with Gasteiger partial charge in [0.2, 0.25) is 0 Å². The van der Waals surface area contributed by atoms with E-state index < -0.39 is 23.0 Å². The van der Waals surface area contributed by atoms with Crippen LogP contribution in [0.2, 0.25) is 0 Å². The molecular weight excluding hydrogens is 288 g/mol. The van der Waals surface area contributed by atoms with Crippen molar-refractivity contribution in [2.24, 2.45) is 0 Å². The highest BCUT2D eigenvalue weighted by molar-refractivity contribution is 6.08. The van der Waals surface area contributed by atoms with Gasteiger partial charge >= 0.3 is 12.1 Å². The number of nitro groups is 1. The van der Waals surface area contributed by atoms with Crippen LogP contribution >= 0.6 is 0 Å². The minimum atomic E-state index is -2.20. The minimum absolute atomic E-state index is 0.139. The van der Waals surface area contributed by atoms with Crippen molar-refractivity contribution in [2.45, 2.75) is 6.17 Å². The number of anilines is 1. The van der Waals surface area contributed by atoms with E-state index in [9.17, 15) is 19.7 Å². The maximum atomic E-state index is 12.6. The van der Waals surface area contributed by atoms with Gasteiger partial charge in [-0.25, -0.2) is 9.69 Å². The highest BCUT2D eigenvalue weighted by Crippen LogP contribution is 2.20. The maximum absolute atomic E-state index is 12.6. The van der Waals surface area contributed by atoms with E-state index >= 15 is 0 Å². The van der Waals surface area contributed by atoms with Gasteiger partial charge in [-0.1, -0.05) is 36.4 Å². The van der Waals surface area contributed by atoms with Crippen LogP contribution in [-0.2, 0) is 4.79 Å². The lowest BCUT2D eigenvalue weighted by Gasteiger charge is -2.23. The Labute approximate surface area is 125 Å².